The van der Waals surface area contributed by atoms with E-state index in [1.807, 2.05) is 0 Å². The maximum Gasteiger partial charge on any atom is 0.271 e. The van der Waals surface area contributed by atoms with Crippen molar-refractivity contribution in [2.45, 2.75) is 13.5 Å². The smallest absolute Gasteiger partial charge is 0.271 e. The molecule has 2 heterocycles. The van der Waals surface area contributed by atoms with Gasteiger partial charge >= 0.3 is 0 Å². The molecule has 0 aliphatic rings. The van der Waals surface area contributed by atoms with Crippen molar-refractivity contribution in [1.29, 1.82) is 0 Å². The van der Waals surface area contributed by atoms with Crippen molar-refractivity contribution in [1.82, 2.24) is 15.4 Å². The van der Waals surface area contributed by atoms with Crippen molar-refractivity contribution in [2.75, 3.05) is 0 Å². The second-order valence-electron chi connectivity index (χ2n) is 4.22. The average molecular weight is 448 g/mol. The molecule has 0 fully saturated rings. The number of nitrogens with one attached hydrogen (secondary N) is 1. The van der Waals surface area contributed by atoms with Gasteiger partial charge in [0.1, 0.15) is 5.75 Å². The Balaban J connectivity index is 0.00000242. The number of rotatable bonds is 4. The Morgan fingerprint density at radius 1 is 1.35 bits per heavy atom. The van der Waals surface area contributed by atoms with E-state index in [1.54, 1.807) is 19.1 Å². The largest absolute Gasteiger partial charge is 0.505 e. The minimum atomic E-state index is -0.399. The lowest BCUT2D eigenvalue weighted by Gasteiger charge is -2.07. The molecular weight excluding hydrogens is 432 g/mol. The molecule has 0 aliphatic carbocycles. The summed E-state index contributed by atoms with van der Waals surface area (Å²) in [6, 6.07) is 3.11. The van der Waals surface area contributed by atoms with Crippen LogP contribution in [-0.4, -0.2) is 32.3 Å². The van der Waals surface area contributed by atoms with Crippen LogP contribution >= 0.6 is 34.0 Å². The zero-order valence-corrected chi connectivity index (χ0v) is 15.6. The molecule has 23 heavy (non-hydrogen) atoms. The lowest BCUT2D eigenvalue weighted by Crippen LogP contribution is -2.17. The molecule has 0 atom stereocenters. The van der Waals surface area contributed by atoms with E-state index in [0.717, 1.165) is 0 Å². The first-order valence-electron chi connectivity index (χ1n) is 6.15. The van der Waals surface area contributed by atoms with Crippen LogP contribution in [0.5, 0.6) is 5.75 Å². The number of hydrazone groups is 1. The summed E-state index contributed by atoms with van der Waals surface area (Å²) >= 11 is 0. The molecule has 2 aromatic heterocycles. The van der Waals surface area contributed by atoms with Gasteiger partial charge in [-0.05, 0) is 19.1 Å². The maximum atomic E-state index is 11.8. The van der Waals surface area contributed by atoms with Crippen LogP contribution in [0.25, 0.3) is 0 Å². The highest BCUT2D eigenvalue weighted by Crippen LogP contribution is 2.21. The summed E-state index contributed by atoms with van der Waals surface area (Å²) in [5, 5.41) is 22.9. The zero-order chi connectivity index (χ0) is 15.2. The minimum absolute atomic E-state index is 0. The Bertz CT molecular complexity index is 681. The molecule has 3 N–H and O–H groups in total. The SMILES string of the molecule is Br.Br.Cc1ncc(CO)c(C=NNC(=O)c2ccncc2)c1O. The Labute approximate surface area is 154 Å². The van der Waals surface area contributed by atoms with Crippen molar-refractivity contribution in [3.05, 3.63) is 53.1 Å². The number of halogens is 2. The van der Waals surface area contributed by atoms with Crippen molar-refractivity contribution >= 4 is 46.1 Å². The van der Waals surface area contributed by atoms with Gasteiger partial charge in [-0.3, -0.25) is 14.8 Å². The van der Waals surface area contributed by atoms with Crippen molar-refractivity contribution in [3.8, 4) is 5.75 Å². The monoisotopic (exact) mass is 446 g/mol. The first kappa shape index (κ1) is 21.2. The summed E-state index contributed by atoms with van der Waals surface area (Å²) in [6.45, 7) is 1.34. The molecule has 9 heteroatoms. The lowest BCUT2D eigenvalue weighted by atomic mass is 10.1. The molecule has 0 saturated carbocycles. The second kappa shape index (κ2) is 10.0. The van der Waals surface area contributed by atoms with Crippen molar-refractivity contribution < 1.29 is 15.0 Å². The maximum absolute atomic E-state index is 11.8. The highest BCUT2D eigenvalue weighted by Gasteiger charge is 2.09. The van der Waals surface area contributed by atoms with E-state index in [4.69, 9.17) is 0 Å². The highest BCUT2D eigenvalue weighted by molar-refractivity contribution is 8.93. The Kier molecular flexibility index (Phi) is 9.23. The third-order valence-electron chi connectivity index (χ3n) is 2.83. The number of pyridine rings is 2. The van der Waals surface area contributed by atoms with E-state index < -0.39 is 5.91 Å². The van der Waals surface area contributed by atoms with Gasteiger partial charge in [0.2, 0.25) is 0 Å². The van der Waals surface area contributed by atoms with Gasteiger partial charge in [-0.1, -0.05) is 0 Å². The summed E-state index contributed by atoms with van der Waals surface area (Å²) in [5.41, 5.74) is 3.90. The molecule has 124 valence electrons. The Hall–Kier alpha value is -1.84. The number of aromatic hydroxyl groups is 1. The number of hydrogen-bond donors (Lipinski definition) is 3. The molecule has 0 aromatic carbocycles. The molecule has 0 unspecified atom stereocenters. The summed E-state index contributed by atoms with van der Waals surface area (Å²) in [5.74, 6) is -0.479. The summed E-state index contributed by atoms with van der Waals surface area (Å²) in [4.78, 5) is 19.5. The summed E-state index contributed by atoms with van der Waals surface area (Å²) in [6.07, 6.45) is 5.72. The summed E-state index contributed by atoms with van der Waals surface area (Å²) < 4.78 is 0. The van der Waals surface area contributed by atoms with Crippen molar-refractivity contribution in [3.63, 3.8) is 0 Å². The van der Waals surface area contributed by atoms with E-state index in [-0.39, 0.29) is 46.3 Å². The molecule has 2 rings (SSSR count). The van der Waals surface area contributed by atoms with Gasteiger partial charge in [-0.2, -0.15) is 5.10 Å². The normalized spacial score (nSPS) is 9.83. The van der Waals surface area contributed by atoms with Gasteiger partial charge in [0.25, 0.3) is 5.91 Å². The summed E-state index contributed by atoms with van der Waals surface area (Å²) in [7, 11) is 0. The Morgan fingerprint density at radius 2 is 2.00 bits per heavy atom. The molecule has 1 amide bonds. The topological polar surface area (TPSA) is 108 Å². The molecule has 0 radical (unpaired) electrons. The van der Waals surface area contributed by atoms with Crippen LogP contribution in [0.4, 0.5) is 0 Å². The number of hydrogen-bond acceptors (Lipinski definition) is 6. The fourth-order valence-electron chi connectivity index (χ4n) is 1.65. The second-order valence-corrected chi connectivity index (χ2v) is 4.22. The molecule has 0 aliphatic heterocycles. The van der Waals surface area contributed by atoms with E-state index >= 15 is 0 Å². The molecule has 0 saturated heterocycles. The third kappa shape index (κ3) is 5.38. The lowest BCUT2D eigenvalue weighted by molar-refractivity contribution is 0.0955. The third-order valence-corrected chi connectivity index (χ3v) is 2.83. The molecule has 0 spiro atoms. The number of nitrogens with zero attached hydrogens (tertiary/aromatic N) is 3. The number of carbonyl (C=O) groups is 1. The number of aliphatic hydroxyl groups is 1. The van der Waals surface area contributed by atoms with Crippen molar-refractivity contribution in [2.24, 2.45) is 5.10 Å². The Morgan fingerprint density at radius 3 is 2.61 bits per heavy atom. The van der Waals surface area contributed by atoms with Crippen LogP contribution in [-0.2, 0) is 6.61 Å². The van der Waals surface area contributed by atoms with Crippen LogP contribution in [0.2, 0.25) is 0 Å². The van der Waals surface area contributed by atoms with Gasteiger partial charge in [-0.15, -0.1) is 34.0 Å². The number of aliphatic hydroxyl groups excluding tert-OH is 1. The quantitative estimate of drug-likeness (QED) is 0.490. The van der Waals surface area contributed by atoms with Crippen LogP contribution in [0, 0.1) is 6.92 Å². The van der Waals surface area contributed by atoms with Crippen LogP contribution in [0.1, 0.15) is 27.2 Å². The van der Waals surface area contributed by atoms with Gasteiger partial charge in [-0.25, -0.2) is 5.43 Å². The fourth-order valence-corrected chi connectivity index (χ4v) is 1.65. The van der Waals surface area contributed by atoms with Gasteiger partial charge in [0, 0.05) is 35.3 Å². The van der Waals surface area contributed by atoms with Gasteiger partial charge in [0.15, 0.2) is 0 Å². The number of amides is 1. The standard InChI is InChI=1S/C14H14N4O3.2BrH/c1-9-13(20)12(11(8-19)6-16-9)7-17-18-14(21)10-2-4-15-5-3-10;;/h2-7,19-20H,8H2,1H3,(H,18,21);2*1H. The van der Waals surface area contributed by atoms with E-state index in [2.05, 4.69) is 20.5 Å². The van der Waals surface area contributed by atoms with E-state index in [0.29, 0.717) is 22.4 Å². The molecular formula is C14H16Br2N4O3. The molecule has 2 aromatic rings. The predicted octanol–water partition coefficient (Wildman–Crippen LogP) is 1.90. The number of aromatic nitrogens is 2. The fraction of sp³-hybridized carbons (Fsp3) is 0.143. The predicted molar refractivity (Wildman–Crippen MR) is 96.5 cm³/mol. The van der Waals surface area contributed by atoms with E-state index in [1.165, 1.54) is 24.8 Å². The first-order valence-corrected chi connectivity index (χ1v) is 6.15. The molecule has 7 nitrogen and oxygen atoms in total. The minimum Gasteiger partial charge on any atom is -0.505 e. The van der Waals surface area contributed by atoms with E-state index in [9.17, 15) is 15.0 Å². The van der Waals surface area contributed by atoms with Crippen LogP contribution in [0.3, 0.4) is 0 Å². The van der Waals surface area contributed by atoms with Crippen LogP contribution < -0.4 is 5.43 Å². The molecule has 0 bridgehead atoms. The van der Waals surface area contributed by atoms with Crippen LogP contribution in [0.15, 0.2) is 35.8 Å². The number of carbonyl (C=O) groups excluding carboxylic acids is 1. The average Bonchev–Trinajstić information content (AvgIpc) is 2.52. The van der Waals surface area contributed by atoms with Gasteiger partial charge in [0.05, 0.1) is 18.5 Å². The zero-order valence-electron chi connectivity index (χ0n) is 12.1. The number of aryl methyl sites for hydroxylation is 1. The highest BCUT2D eigenvalue weighted by atomic mass is 79.9. The van der Waals surface area contributed by atoms with Gasteiger partial charge < -0.3 is 10.2 Å². The first-order chi connectivity index (χ1) is 10.1.